The summed E-state index contributed by atoms with van der Waals surface area (Å²) in [6.45, 7) is 3.47. The molecule has 0 radical (unpaired) electrons. The van der Waals surface area contributed by atoms with Gasteiger partial charge in [0.2, 0.25) is 5.91 Å². The zero-order valence-corrected chi connectivity index (χ0v) is 16.0. The van der Waals surface area contributed by atoms with Crippen molar-refractivity contribution in [2.24, 2.45) is 13.0 Å². The van der Waals surface area contributed by atoms with E-state index in [1.165, 1.54) is 11.1 Å². The van der Waals surface area contributed by atoms with Crippen LogP contribution in [0.15, 0.2) is 24.5 Å². The Morgan fingerprint density at radius 3 is 2.19 bits per heavy atom. The molecule has 2 aromatic rings. The molecule has 1 unspecified atom stereocenters. The highest BCUT2D eigenvalue weighted by Crippen LogP contribution is 2.32. The van der Waals surface area contributed by atoms with Gasteiger partial charge in [-0.1, -0.05) is 6.92 Å². The maximum Gasteiger partial charge on any atom is 0.225 e. The molecular formula is C20H27N3O3. The number of hydrogen-bond acceptors (Lipinski definition) is 4. The summed E-state index contributed by atoms with van der Waals surface area (Å²) in [5.74, 6) is 1.65. The van der Waals surface area contributed by atoms with Crippen molar-refractivity contribution < 1.29 is 14.3 Å². The van der Waals surface area contributed by atoms with Crippen LogP contribution in [0.5, 0.6) is 11.5 Å². The second-order valence-electron chi connectivity index (χ2n) is 6.93. The number of amides is 1. The molecule has 0 saturated carbocycles. The first-order chi connectivity index (χ1) is 12.5. The third-order valence-corrected chi connectivity index (χ3v) is 5.04. The number of carbonyl (C=O) groups excluding carboxylic acids is 1. The van der Waals surface area contributed by atoms with E-state index in [0.717, 1.165) is 49.4 Å². The predicted molar refractivity (Wildman–Crippen MR) is 99.6 cm³/mol. The number of carbonyl (C=O) groups is 1. The van der Waals surface area contributed by atoms with Gasteiger partial charge in [-0.15, -0.1) is 0 Å². The Morgan fingerprint density at radius 2 is 1.73 bits per heavy atom. The van der Waals surface area contributed by atoms with Crippen molar-refractivity contribution >= 4 is 5.91 Å². The van der Waals surface area contributed by atoms with Gasteiger partial charge in [0, 0.05) is 32.3 Å². The van der Waals surface area contributed by atoms with Crippen LogP contribution in [0.4, 0.5) is 0 Å². The van der Waals surface area contributed by atoms with Crippen LogP contribution in [0.2, 0.25) is 0 Å². The molecule has 0 fully saturated rings. The number of ether oxygens (including phenoxy) is 2. The molecule has 1 aliphatic heterocycles. The largest absolute Gasteiger partial charge is 0.493 e. The number of fused-ring (bicyclic) bond motifs is 1. The fourth-order valence-electron chi connectivity index (χ4n) is 3.60. The molecule has 0 spiro atoms. The normalized spacial score (nSPS) is 15.2. The molecule has 1 amide bonds. The Morgan fingerprint density at radius 1 is 1.15 bits per heavy atom. The molecule has 3 rings (SSSR count). The average Bonchev–Trinajstić information content (AvgIpc) is 2.94. The third-order valence-electron chi connectivity index (χ3n) is 5.04. The molecule has 0 aliphatic carbocycles. The summed E-state index contributed by atoms with van der Waals surface area (Å²) in [5.41, 5.74) is 3.57. The standard InChI is InChI=1S/C20H27N3O3/c1-14(9-15-12-21-22(2)13-15)20(24)23-7-5-16-10-18(25-3)19(26-4)11-17(16)6-8-23/h10-14H,5-9H2,1-4H3. The monoisotopic (exact) mass is 357 g/mol. The highest BCUT2D eigenvalue weighted by atomic mass is 16.5. The smallest absolute Gasteiger partial charge is 0.225 e. The van der Waals surface area contributed by atoms with Gasteiger partial charge in [0.25, 0.3) is 0 Å². The molecule has 6 heteroatoms. The minimum Gasteiger partial charge on any atom is -0.493 e. The third kappa shape index (κ3) is 3.84. The van der Waals surface area contributed by atoms with Crippen molar-refractivity contribution in [3.05, 3.63) is 41.2 Å². The summed E-state index contributed by atoms with van der Waals surface area (Å²) in [6.07, 6.45) is 6.20. The van der Waals surface area contributed by atoms with Crippen LogP contribution < -0.4 is 9.47 Å². The van der Waals surface area contributed by atoms with Crippen molar-refractivity contribution in [1.82, 2.24) is 14.7 Å². The Hall–Kier alpha value is -2.50. The Balaban J connectivity index is 1.68. The van der Waals surface area contributed by atoms with E-state index in [0.29, 0.717) is 0 Å². The van der Waals surface area contributed by atoms with Gasteiger partial charge < -0.3 is 14.4 Å². The van der Waals surface area contributed by atoms with Crippen LogP contribution >= 0.6 is 0 Å². The van der Waals surface area contributed by atoms with Gasteiger partial charge in [0.1, 0.15) is 0 Å². The SMILES string of the molecule is COc1cc2c(cc1OC)CCN(C(=O)C(C)Cc1cnn(C)c1)CC2. The van der Waals surface area contributed by atoms with Crippen molar-refractivity contribution in [3.8, 4) is 11.5 Å². The van der Waals surface area contributed by atoms with E-state index in [1.807, 2.05) is 43.4 Å². The van der Waals surface area contributed by atoms with E-state index < -0.39 is 0 Å². The summed E-state index contributed by atoms with van der Waals surface area (Å²) in [7, 11) is 5.19. The van der Waals surface area contributed by atoms with Gasteiger partial charge in [0.05, 0.1) is 20.4 Å². The maximum atomic E-state index is 12.9. The Kier molecular flexibility index (Phi) is 5.49. The molecule has 1 atom stereocenters. The van der Waals surface area contributed by atoms with Crippen molar-refractivity contribution in [2.45, 2.75) is 26.2 Å². The molecule has 0 saturated heterocycles. The molecular weight excluding hydrogens is 330 g/mol. The van der Waals surface area contributed by atoms with Crippen LogP contribution in [0.25, 0.3) is 0 Å². The predicted octanol–water partition coefficient (Wildman–Crippen LogP) is 2.24. The van der Waals surface area contributed by atoms with E-state index in [-0.39, 0.29) is 11.8 Å². The molecule has 1 aromatic carbocycles. The number of rotatable bonds is 5. The summed E-state index contributed by atoms with van der Waals surface area (Å²) >= 11 is 0. The molecule has 0 bridgehead atoms. The van der Waals surface area contributed by atoms with Crippen molar-refractivity contribution in [1.29, 1.82) is 0 Å². The lowest BCUT2D eigenvalue weighted by Gasteiger charge is -2.24. The van der Waals surface area contributed by atoms with E-state index in [9.17, 15) is 4.79 Å². The Labute approximate surface area is 154 Å². The summed E-state index contributed by atoms with van der Waals surface area (Å²) in [6, 6.07) is 4.09. The summed E-state index contributed by atoms with van der Waals surface area (Å²) in [4.78, 5) is 14.9. The maximum absolute atomic E-state index is 12.9. The quantitative estimate of drug-likeness (QED) is 0.824. The van der Waals surface area contributed by atoms with E-state index in [2.05, 4.69) is 5.10 Å². The van der Waals surface area contributed by atoms with Crippen LogP contribution in [0, 0.1) is 5.92 Å². The molecule has 0 N–H and O–H groups in total. The van der Waals surface area contributed by atoms with Gasteiger partial charge in [-0.25, -0.2) is 0 Å². The number of methoxy groups -OCH3 is 2. The lowest BCUT2D eigenvalue weighted by Crippen LogP contribution is -2.37. The number of nitrogens with zero attached hydrogens (tertiary/aromatic N) is 3. The first-order valence-electron chi connectivity index (χ1n) is 9.02. The van der Waals surface area contributed by atoms with E-state index >= 15 is 0 Å². The van der Waals surface area contributed by atoms with Crippen LogP contribution in [0.3, 0.4) is 0 Å². The second kappa shape index (κ2) is 7.81. The average molecular weight is 357 g/mol. The zero-order valence-electron chi connectivity index (χ0n) is 16.0. The van der Waals surface area contributed by atoms with Crippen LogP contribution in [-0.4, -0.2) is 47.9 Å². The first-order valence-corrected chi connectivity index (χ1v) is 9.02. The molecule has 1 aliphatic rings. The van der Waals surface area contributed by atoms with Gasteiger partial charge in [0.15, 0.2) is 11.5 Å². The summed E-state index contributed by atoms with van der Waals surface area (Å²) in [5, 5.41) is 4.18. The van der Waals surface area contributed by atoms with Gasteiger partial charge in [-0.2, -0.15) is 5.10 Å². The van der Waals surface area contributed by atoms with Gasteiger partial charge in [-0.05, 0) is 48.1 Å². The number of benzene rings is 1. The minimum atomic E-state index is -0.0514. The molecule has 26 heavy (non-hydrogen) atoms. The van der Waals surface area contributed by atoms with E-state index in [1.54, 1.807) is 18.9 Å². The highest BCUT2D eigenvalue weighted by molar-refractivity contribution is 5.79. The lowest BCUT2D eigenvalue weighted by atomic mass is 10.0. The zero-order chi connectivity index (χ0) is 18.7. The topological polar surface area (TPSA) is 56.6 Å². The van der Waals surface area contributed by atoms with E-state index in [4.69, 9.17) is 9.47 Å². The first kappa shape index (κ1) is 18.3. The lowest BCUT2D eigenvalue weighted by molar-refractivity contribution is -0.134. The fourth-order valence-corrected chi connectivity index (χ4v) is 3.60. The van der Waals surface area contributed by atoms with Crippen molar-refractivity contribution in [3.63, 3.8) is 0 Å². The second-order valence-corrected chi connectivity index (χ2v) is 6.93. The minimum absolute atomic E-state index is 0.0514. The van der Waals surface area contributed by atoms with Crippen LogP contribution in [-0.2, 0) is 31.1 Å². The van der Waals surface area contributed by atoms with Crippen LogP contribution in [0.1, 0.15) is 23.6 Å². The van der Waals surface area contributed by atoms with Gasteiger partial charge >= 0.3 is 0 Å². The molecule has 2 heterocycles. The number of hydrogen-bond donors (Lipinski definition) is 0. The fraction of sp³-hybridized carbons (Fsp3) is 0.500. The van der Waals surface area contributed by atoms with Crippen molar-refractivity contribution in [2.75, 3.05) is 27.3 Å². The molecule has 140 valence electrons. The Bertz CT molecular complexity index is 750. The van der Waals surface area contributed by atoms with Gasteiger partial charge in [-0.3, -0.25) is 9.48 Å². The highest BCUT2D eigenvalue weighted by Gasteiger charge is 2.24. The number of aryl methyl sites for hydroxylation is 1. The summed E-state index contributed by atoms with van der Waals surface area (Å²) < 4.78 is 12.6. The molecule has 6 nitrogen and oxygen atoms in total. The number of aromatic nitrogens is 2. The molecule has 1 aromatic heterocycles.